The molecule has 0 fully saturated rings. The standard InChI is InChI=1S/C29H28N4O/c1-20-25-8-4-5-18-32(2)28(25)19-31-33(20)29(30)23-11-10-21-7-6-9-26(27(21)17-14-23)22-12-15-24(34-3)16-13-22/h4,6-13,15-17,19,30H,1,5,14,18H2,2-3H3. The van der Waals surface area contributed by atoms with E-state index in [4.69, 9.17) is 10.1 Å². The Morgan fingerprint density at radius 3 is 2.74 bits per heavy atom. The van der Waals surface area contributed by atoms with Gasteiger partial charge in [-0.1, -0.05) is 67.3 Å². The number of amidine groups is 1. The summed E-state index contributed by atoms with van der Waals surface area (Å²) in [6.45, 7) is 5.22. The number of methoxy groups -OCH3 is 1. The Kier molecular flexibility index (Phi) is 5.76. The zero-order valence-corrected chi connectivity index (χ0v) is 19.6. The molecule has 5 rings (SSSR count). The fourth-order valence-corrected chi connectivity index (χ4v) is 4.54. The first-order valence-electron chi connectivity index (χ1n) is 11.5. The first kappa shape index (κ1) is 21.7. The van der Waals surface area contributed by atoms with Crippen LogP contribution in [0.25, 0.3) is 23.3 Å². The van der Waals surface area contributed by atoms with Crippen LogP contribution >= 0.6 is 0 Å². The third-order valence-corrected chi connectivity index (χ3v) is 6.51. The molecule has 170 valence electrons. The molecule has 0 saturated heterocycles. The van der Waals surface area contributed by atoms with E-state index >= 15 is 0 Å². The summed E-state index contributed by atoms with van der Waals surface area (Å²) in [7, 11) is 3.75. The Morgan fingerprint density at radius 2 is 1.94 bits per heavy atom. The molecule has 0 unspecified atom stereocenters. The number of rotatable bonds is 3. The van der Waals surface area contributed by atoms with Gasteiger partial charge in [0.1, 0.15) is 11.6 Å². The fourth-order valence-electron chi connectivity index (χ4n) is 4.54. The van der Waals surface area contributed by atoms with Crippen molar-refractivity contribution >= 4 is 24.2 Å². The summed E-state index contributed by atoms with van der Waals surface area (Å²) < 4.78 is 5.31. The Bertz CT molecular complexity index is 1410. The van der Waals surface area contributed by atoms with Crippen molar-refractivity contribution in [1.29, 1.82) is 5.41 Å². The Labute approximate surface area is 200 Å². The maximum absolute atomic E-state index is 8.95. The van der Waals surface area contributed by atoms with Crippen LogP contribution in [0.2, 0.25) is 0 Å². The quantitative estimate of drug-likeness (QED) is 0.566. The van der Waals surface area contributed by atoms with Crippen molar-refractivity contribution in [3.05, 3.63) is 100 Å². The average molecular weight is 449 g/mol. The van der Waals surface area contributed by atoms with Crippen molar-refractivity contribution in [2.45, 2.75) is 12.8 Å². The van der Waals surface area contributed by atoms with Crippen LogP contribution < -0.4 is 15.2 Å². The van der Waals surface area contributed by atoms with Crippen LogP contribution in [0.5, 0.6) is 5.75 Å². The highest BCUT2D eigenvalue weighted by Crippen LogP contribution is 2.28. The zero-order chi connectivity index (χ0) is 23.7. The number of hydrogen-bond acceptors (Lipinski definition) is 4. The van der Waals surface area contributed by atoms with Gasteiger partial charge in [0, 0.05) is 24.7 Å². The summed E-state index contributed by atoms with van der Waals surface area (Å²) in [6, 6.07) is 14.5. The van der Waals surface area contributed by atoms with Gasteiger partial charge in [0.05, 0.1) is 24.7 Å². The van der Waals surface area contributed by atoms with E-state index in [2.05, 4.69) is 78.3 Å². The average Bonchev–Trinajstić information content (AvgIpc) is 3.20. The van der Waals surface area contributed by atoms with E-state index < -0.39 is 0 Å². The molecule has 5 nitrogen and oxygen atoms in total. The Morgan fingerprint density at radius 1 is 1.12 bits per heavy atom. The fraction of sp³-hybridized carbons (Fsp3) is 0.172. The summed E-state index contributed by atoms with van der Waals surface area (Å²) in [5.41, 5.74) is 6.00. The number of ether oxygens (including phenoxy) is 1. The molecule has 2 aliphatic heterocycles. The molecule has 0 aromatic heterocycles. The Balaban J connectivity index is 1.45. The zero-order valence-electron chi connectivity index (χ0n) is 19.6. The number of nitrogens with one attached hydrogen (secondary N) is 1. The predicted octanol–water partition coefficient (Wildman–Crippen LogP) is 4.19. The second-order valence-electron chi connectivity index (χ2n) is 8.57. The van der Waals surface area contributed by atoms with Gasteiger partial charge in [-0.3, -0.25) is 5.41 Å². The normalized spacial score (nSPS) is 17.1. The van der Waals surface area contributed by atoms with Crippen LogP contribution in [0, 0.1) is 5.41 Å². The third-order valence-electron chi connectivity index (χ3n) is 6.51. The second kappa shape index (κ2) is 9.02. The molecule has 2 aromatic carbocycles. The van der Waals surface area contributed by atoms with E-state index in [1.165, 1.54) is 10.8 Å². The summed E-state index contributed by atoms with van der Waals surface area (Å²) in [4.78, 5) is 2.19. The van der Waals surface area contributed by atoms with E-state index in [1.54, 1.807) is 12.1 Å². The topological polar surface area (TPSA) is 51.9 Å². The van der Waals surface area contributed by atoms with Gasteiger partial charge in [-0.2, -0.15) is 5.10 Å². The molecule has 0 saturated carbocycles. The van der Waals surface area contributed by atoms with Crippen molar-refractivity contribution in [3.63, 3.8) is 0 Å². The first-order chi connectivity index (χ1) is 16.6. The second-order valence-corrected chi connectivity index (χ2v) is 8.57. The number of benzene rings is 2. The smallest absolute Gasteiger partial charge is 0.150 e. The minimum absolute atomic E-state index is 0.347. The molecule has 0 radical (unpaired) electrons. The van der Waals surface area contributed by atoms with Crippen molar-refractivity contribution in [2.75, 3.05) is 20.7 Å². The SMILES string of the molecule is C=C1C2=C(C=NN1C(=N)C1=CC=c3cccc(-c4ccc(OC)cc4)c3=CC1)N(C)CCC=C2. The molecular formula is C29H28N4O. The van der Waals surface area contributed by atoms with Crippen LogP contribution in [0.1, 0.15) is 12.8 Å². The van der Waals surface area contributed by atoms with E-state index in [9.17, 15) is 0 Å². The monoisotopic (exact) mass is 448 g/mol. The largest absolute Gasteiger partial charge is 0.497 e. The van der Waals surface area contributed by atoms with E-state index in [0.717, 1.165) is 52.0 Å². The summed E-state index contributed by atoms with van der Waals surface area (Å²) in [5.74, 6) is 1.19. The maximum atomic E-state index is 8.95. The van der Waals surface area contributed by atoms with E-state index in [1.807, 2.05) is 24.4 Å². The highest BCUT2D eigenvalue weighted by Gasteiger charge is 2.25. The summed E-state index contributed by atoms with van der Waals surface area (Å²) in [5, 5.41) is 17.5. The van der Waals surface area contributed by atoms with Crippen molar-refractivity contribution in [3.8, 4) is 16.9 Å². The van der Waals surface area contributed by atoms with E-state index in [0.29, 0.717) is 12.3 Å². The molecule has 0 bridgehead atoms. The molecule has 5 heteroatoms. The van der Waals surface area contributed by atoms with Gasteiger partial charge in [0.25, 0.3) is 0 Å². The van der Waals surface area contributed by atoms with Crippen LogP contribution in [-0.2, 0) is 0 Å². The first-order valence-corrected chi connectivity index (χ1v) is 11.5. The van der Waals surface area contributed by atoms with Crippen LogP contribution in [0.3, 0.4) is 0 Å². The van der Waals surface area contributed by atoms with Crippen molar-refractivity contribution < 1.29 is 4.74 Å². The van der Waals surface area contributed by atoms with Crippen molar-refractivity contribution in [2.24, 2.45) is 5.10 Å². The van der Waals surface area contributed by atoms with Gasteiger partial charge >= 0.3 is 0 Å². The van der Waals surface area contributed by atoms with Gasteiger partial charge in [-0.25, -0.2) is 5.01 Å². The minimum atomic E-state index is 0.347. The highest BCUT2D eigenvalue weighted by atomic mass is 16.5. The third kappa shape index (κ3) is 3.90. The lowest BCUT2D eigenvalue weighted by Crippen LogP contribution is -2.32. The van der Waals surface area contributed by atoms with Gasteiger partial charge in [0.2, 0.25) is 0 Å². The molecule has 34 heavy (non-hydrogen) atoms. The molecule has 2 aromatic rings. The molecule has 1 aliphatic carbocycles. The Hall–Kier alpha value is -4.12. The van der Waals surface area contributed by atoms with Gasteiger partial charge in [-0.15, -0.1) is 0 Å². The molecule has 1 N–H and O–H groups in total. The van der Waals surface area contributed by atoms with Crippen LogP contribution in [0.15, 0.2) is 94.9 Å². The number of hydrazone groups is 1. The predicted molar refractivity (Wildman–Crippen MR) is 140 cm³/mol. The lowest BCUT2D eigenvalue weighted by Gasteiger charge is -2.30. The maximum Gasteiger partial charge on any atom is 0.150 e. The lowest BCUT2D eigenvalue weighted by molar-refractivity contribution is 0.415. The highest BCUT2D eigenvalue weighted by molar-refractivity contribution is 6.01. The van der Waals surface area contributed by atoms with Gasteiger partial charge < -0.3 is 9.64 Å². The minimum Gasteiger partial charge on any atom is -0.497 e. The molecule has 0 amide bonds. The number of nitrogens with zero attached hydrogens (tertiary/aromatic N) is 3. The summed E-state index contributed by atoms with van der Waals surface area (Å²) in [6.07, 6.45) is 14.1. The lowest BCUT2D eigenvalue weighted by atomic mass is 10.0. The van der Waals surface area contributed by atoms with Crippen molar-refractivity contribution in [1.82, 2.24) is 9.91 Å². The molecular weight excluding hydrogens is 420 g/mol. The summed E-state index contributed by atoms with van der Waals surface area (Å²) >= 11 is 0. The molecule has 2 heterocycles. The number of fused-ring (bicyclic) bond motifs is 1. The number of hydrogen-bond donors (Lipinski definition) is 1. The molecule has 0 atom stereocenters. The van der Waals surface area contributed by atoms with E-state index in [-0.39, 0.29) is 0 Å². The number of allylic oxidation sites excluding steroid dienone is 3. The van der Waals surface area contributed by atoms with Crippen LogP contribution in [-0.4, -0.2) is 42.7 Å². The van der Waals surface area contributed by atoms with Gasteiger partial charge in [0.15, 0.2) is 0 Å². The van der Waals surface area contributed by atoms with Gasteiger partial charge in [-0.05, 0) is 46.5 Å². The molecule has 3 aliphatic rings. The molecule has 0 spiro atoms. The van der Waals surface area contributed by atoms with Crippen LogP contribution in [0.4, 0.5) is 0 Å².